The highest BCUT2D eigenvalue weighted by Crippen LogP contribution is 2.25. The van der Waals surface area contributed by atoms with E-state index < -0.39 is 48.0 Å². The molecular formula is C45H49F3N6O13S3. The molecule has 5 amide bonds. The Kier molecular flexibility index (Phi) is 22.5. The van der Waals surface area contributed by atoms with E-state index in [1.54, 1.807) is 72.1 Å². The summed E-state index contributed by atoms with van der Waals surface area (Å²) in [6.45, 7) is 3.93. The minimum atomic E-state index is -5.08. The van der Waals surface area contributed by atoms with Crippen LogP contribution >= 0.6 is 34.0 Å². The van der Waals surface area contributed by atoms with E-state index in [2.05, 4.69) is 31.3 Å². The van der Waals surface area contributed by atoms with Crippen molar-refractivity contribution in [2.45, 2.75) is 58.0 Å². The lowest BCUT2D eigenvalue weighted by Crippen LogP contribution is -2.48. The molecular weight excluding hydrogens is 986 g/mol. The van der Waals surface area contributed by atoms with Crippen molar-refractivity contribution in [1.82, 2.24) is 26.6 Å². The SMILES string of the molecule is CCc1cc(C(=O)NCc2cccc(O)c2)sc1C(=O)N[C@@H](CN)C(=O)OC.CCc1cc(C(=O)NCc2cccc(O)c2)sc1C(=O)N[C@@H](CNC(=O)c1cccs1)C(=O)OC.O=C(O)C(F)(F)F. The largest absolute Gasteiger partial charge is 0.508 e. The van der Waals surface area contributed by atoms with E-state index in [1.807, 2.05) is 13.8 Å². The summed E-state index contributed by atoms with van der Waals surface area (Å²) in [5, 5.41) is 41.2. The predicted molar refractivity (Wildman–Crippen MR) is 252 cm³/mol. The maximum Gasteiger partial charge on any atom is 0.490 e. The average Bonchev–Trinajstić information content (AvgIpc) is 4.14. The first-order valence-electron chi connectivity index (χ1n) is 20.6. The normalized spacial score (nSPS) is 11.4. The summed E-state index contributed by atoms with van der Waals surface area (Å²) in [5.74, 6) is -5.94. The number of ether oxygens (including phenoxy) is 2. The Morgan fingerprint density at radius 3 is 1.43 bits per heavy atom. The van der Waals surface area contributed by atoms with Crippen LogP contribution in [-0.4, -0.2) is 108 Å². The molecule has 0 aliphatic heterocycles. The van der Waals surface area contributed by atoms with Crippen molar-refractivity contribution in [3.63, 3.8) is 0 Å². The molecule has 2 aromatic carbocycles. The van der Waals surface area contributed by atoms with Crippen molar-refractivity contribution >= 4 is 81.5 Å². The molecule has 0 saturated carbocycles. The Labute approximate surface area is 410 Å². The van der Waals surface area contributed by atoms with Gasteiger partial charge in [0, 0.05) is 26.2 Å². The van der Waals surface area contributed by atoms with E-state index in [9.17, 15) is 56.9 Å². The number of halogens is 3. The van der Waals surface area contributed by atoms with Crippen molar-refractivity contribution in [3.8, 4) is 11.5 Å². The lowest BCUT2D eigenvalue weighted by atomic mass is 10.1. The zero-order valence-electron chi connectivity index (χ0n) is 37.8. The van der Waals surface area contributed by atoms with E-state index in [1.165, 1.54) is 31.6 Å². The van der Waals surface area contributed by atoms with Gasteiger partial charge in [0.15, 0.2) is 0 Å². The third kappa shape index (κ3) is 17.6. The summed E-state index contributed by atoms with van der Waals surface area (Å²) in [6, 6.07) is 17.8. The number of nitrogens with one attached hydrogen (secondary N) is 5. The minimum absolute atomic E-state index is 0.0947. The van der Waals surface area contributed by atoms with Crippen LogP contribution in [0.2, 0.25) is 0 Å². The second kappa shape index (κ2) is 27.6. The Bertz CT molecular complexity index is 2620. The van der Waals surface area contributed by atoms with Crippen LogP contribution < -0.4 is 32.3 Å². The number of aliphatic carboxylic acids is 1. The lowest BCUT2D eigenvalue weighted by Gasteiger charge is -2.17. The lowest BCUT2D eigenvalue weighted by molar-refractivity contribution is -0.192. The first kappa shape index (κ1) is 57.0. The van der Waals surface area contributed by atoms with Gasteiger partial charge in [-0.05, 0) is 82.9 Å². The van der Waals surface area contributed by atoms with Crippen LogP contribution in [0, 0.1) is 0 Å². The van der Waals surface area contributed by atoms with Crippen LogP contribution in [0.25, 0.3) is 0 Å². The number of amides is 5. The van der Waals surface area contributed by atoms with Gasteiger partial charge in [0.1, 0.15) is 23.6 Å². The summed E-state index contributed by atoms with van der Waals surface area (Å²) in [6.07, 6.45) is -4.04. The van der Waals surface area contributed by atoms with Crippen LogP contribution in [0.3, 0.4) is 0 Å². The smallest absolute Gasteiger partial charge is 0.490 e. The number of methoxy groups -OCH3 is 2. The molecule has 0 radical (unpaired) electrons. The molecule has 376 valence electrons. The molecule has 0 fully saturated rings. The summed E-state index contributed by atoms with van der Waals surface area (Å²) < 4.78 is 41.1. The van der Waals surface area contributed by atoms with Crippen molar-refractivity contribution in [3.05, 3.63) is 125 Å². The number of alkyl halides is 3. The number of rotatable bonds is 18. The van der Waals surface area contributed by atoms with Gasteiger partial charge in [-0.25, -0.2) is 14.4 Å². The van der Waals surface area contributed by atoms with Gasteiger partial charge in [-0.15, -0.1) is 34.0 Å². The average molecular weight is 1040 g/mol. The molecule has 0 aliphatic carbocycles. The molecule has 19 nitrogen and oxygen atoms in total. The third-order valence-electron chi connectivity index (χ3n) is 9.24. The predicted octanol–water partition coefficient (Wildman–Crippen LogP) is 4.52. The number of benzene rings is 2. The molecule has 10 N–H and O–H groups in total. The van der Waals surface area contributed by atoms with Crippen LogP contribution in [0.1, 0.15) is 84.5 Å². The number of aromatic hydroxyl groups is 2. The second-order valence-electron chi connectivity index (χ2n) is 14.2. The number of hydrogen-bond acceptors (Lipinski definition) is 16. The fourth-order valence-electron chi connectivity index (χ4n) is 5.69. The molecule has 25 heteroatoms. The van der Waals surface area contributed by atoms with Crippen molar-refractivity contribution in [1.29, 1.82) is 0 Å². The van der Waals surface area contributed by atoms with Gasteiger partial charge < -0.3 is 57.1 Å². The van der Waals surface area contributed by atoms with Gasteiger partial charge in [-0.3, -0.25) is 24.0 Å². The van der Waals surface area contributed by atoms with Crippen LogP contribution in [-0.2, 0) is 49.8 Å². The maximum atomic E-state index is 13.0. The fraction of sp³-hybridized carbons (Fsp3) is 0.289. The Morgan fingerprint density at radius 2 is 1.06 bits per heavy atom. The highest BCUT2D eigenvalue weighted by Gasteiger charge is 2.38. The van der Waals surface area contributed by atoms with E-state index in [0.29, 0.717) is 48.4 Å². The summed E-state index contributed by atoms with van der Waals surface area (Å²) in [7, 11) is 2.41. The third-order valence-corrected chi connectivity index (χ3v) is 12.5. The highest BCUT2D eigenvalue weighted by atomic mass is 32.1. The molecule has 0 unspecified atom stereocenters. The van der Waals surface area contributed by atoms with E-state index in [4.69, 9.17) is 20.4 Å². The molecule has 3 aromatic heterocycles. The number of carboxylic acid groups (broad SMARTS) is 1. The number of nitrogens with two attached hydrogens (primary N) is 1. The number of phenols is 2. The molecule has 3 heterocycles. The summed E-state index contributed by atoms with van der Waals surface area (Å²) in [5.41, 5.74) is 8.35. The number of carbonyl (C=O) groups is 8. The number of esters is 2. The van der Waals surface area contributed by atoms with Crippen molar-refractivity contribution < 1.29 is 76.3 Å². The van der Waals surface area contributed by atoms with Crippen LogP contribution in [0.5, 0.6) is 11.5 Å². The first-order valence-corrected chi connectivity index (χ1v) is 23.1. The Hall–Kier alpha value is -7.35. The number of carbonyl (C=O) groups excluding carboxylic acids is 7. The number of carboxylic acids is 1. The number of hydrogen-bond donors (Lipinski definition) is 9. The van der Waals surface area contributed by atoms with Crippen molar-refractivity contribution in [2.75, 3.05) is 27.3 Å². The van der Waals surface area contributed by atoms with Crippen molar-refractivity contribution in [2.24, 2.45) is 5.73 Å². The quantitative estimate of drug-likeness (QED) is 0.0546. The van der Waals surface area contributed by atoms with Crippen LogP contribution in [0.15, 0.2) is 78.2 Å². The summed E-state index contributed by atoms with van der Waals surface area (Å²) >= 11 is 3.31. The molecule has 0 spiro atoms. The molecule has 0 saturated heterocycles. The van der Waals surface area contributed by atoms with E-state index in [0.717, 1.165) is 33.8 Å². The van der Waals surface area contributed by atoms with Gasteiger partial charge in [0.2, 0.25) is 0 Å². The number of aryl methyl sites for hydroxylation is 2. The topological polar surface area (TPSA) is 302 Å². The first-order chi connectivity index (χ1) is 33.1. The Morgan fingerprint density at radius 1 is 0.629 bits per heavy atom. The highest BCUT2D eigenvalue weighted by molar-refractivity contribution is 7.16. The zero-order valence-corrected chi connectivity index (χ0v) is 40.2. The molecule has 70 heavy (non-hydrogen) atoms. The maximum absolute atomic E-state index is 13.0. The molecule has 0 bridgehead atoms. The monoisotopic (exact) mass is 1030 g/mol. The molecule has 0 aliphatic rings. The summed E-state index contributed by atoms with van der Waals surface area (Å²) in [4.78, 5) is 97.5. The standard InChI is InChI=1S/C24H25N3O6S2.C19H23N3O5S.C2HF3O2/c1-3-15-11-19(22(30)25-12-14-6-4-7-16(28)10-14)35-20(15)23(31)27-17(24(32)33-2)13-26-21(29)18-8-5-9-34-18;1-3-12-8-15(17(24)21-10-11-5-4-6-13(23)7-11)28-16(12)18(25)22-14(9-20)19(26)27-2;3-2(4,5)1(6)7/h4-11,17,28H,3,12-13H2,1-2H3,(H,25,30)(H,26,29)(H,27,31);4-8,14,23H,3,9-10,20H2,1-2H3,(H,21,24)(H,22,25);(H,6,7)/t17-;14-;/m00./s1. The second-order valence-corrected chi connectivity index (χ2v) is 17.2. The number of thiophene rings is 3. The Balaban J connectivity index is 0.000000332. The van der Waals surface area contributed by atoms with Gasteiger partial charge in [0.05, 0.1) is 38.6 Å². The van der Waals surface area contributed by atoms with E-state index >= 15 is 0 Å². The van der Waals surface area contributed by atoms with Gasteiger partial charge in [0.25, 0.3) is 29.5 Å². The van der Waals surface area contributed by atoms with Crippen LogP contribution in [0.4, 0.5) is 13.2 Å². The zero-order chi connectivity index (χ0) is 52.1. The van der Waals surface area contributed by atoms with E-state index in [-0.39, 0.29) is 55.4 Å². The van der Waals surface area contributed by atoms with Gasteiger partial charge in [-0.1, -0.05) is 44.2 Å². The van der Waals surface area contributed by atoms with Gasteiger partial charge in [-0.2, -0.15) is 13.2 Å². The minimum Gasteiger partial charge on any atom is -0.508 e. The molecule has 2 atom stereocenters. The fourth-order valence-corrected chi connectivity index (χ4v) is 8.48. The molecule has 5 rings (SSSR count). The number of phenolic OH excluding ortho intramolecular Hbond substituents is 2. The molecule has 5 aromatic rings. The van der Waals surface area contributed by atoms with Gasteiger partial charge >= 0.3 is 24.1 Å².